The van der Waals surface area contributed by atoms with E-state index in [1.807, 2.05) is 18.2 Å². The Morgan fingerprint density at radius 3 is 2.59 bits per heavy atom. The lowest BCUT2D eigenvalue weighted by Gasteiger charge is -2.31. The highest BCUT2D eigenvalue weighted by atomic mass is 127. The molecule has 27 heavy (non-hydrogen) atoms. The fourth-order valence-corrected chi connectivity index (χ4v) is 6.25. The van der Waals surface area contributed by atoms with Crippen LogP contribution in [-0.2, 0) is 14.8 Å². The van der Waals surface area contributed by atoms with Gasteiger partial charge in [0.2, 0.25) is 10.0 Å². The third-order valence-electron chi connectivity index (χ3n) is 5.84. The van der Waals surface area contributed by atoms with E-state index < -0.39 is 16.0 Å². The maximum atomic E-state index is 12.8. The predicted octanol–water partition coefficient (Wildman–Crippen LogP) is 4.19. The molecule has 0 heterocycles. The van der Waals surface area contributed by atoms with Gasteiger partial charge < -0.3 is 5.11 Å². The molecule has 1 aromatic carbocycles. The molecule has 2 fully saturated rings. The van der Waals surface area contributed by atoms with Crippen LogP contribution in [0.4, 0.5) is 0 Å². The number of carbonyl (C=O) groups is 1. The number of aliphatic carboxylic acids is 1. The van der Waals surface area contributed by atoms with Crippen molar-refractivity contribution in [3.63, 3.8) is 0 Å². The summed E-state index contributed by atoms with van der Waals surface area (Å²) in [5, 5.41) is 8.68. The van der Waals surface area contributed by atoms with Crippen molar-refractivity contribution in [1.82, 2.24) is 4.72 Å². The van der Waals surface area contributed by atoms with Crippen LogP contribution in [-0.4, -0.2) is 25.5 Å². The Balaban J connectivity index is 1.62. The van der Waals surface area contributed by atoms with Crippen LogP contribution in [0, 0.1) is 21.3 Å². The fourth-order valence-electron chi connectivity index (χ4n) is 4.54. The number of nitrogens with one attached hydrogen (secondary N) is 1. The summed E-state index contributed by atoms with van der Waals surface area (Å²) in [5.41, 5.74) is 0. The van der Waals surface area contributed by atoms with Crippen LogP contribution in [0.3, 0.4) is 0 Å². The van der Waals surface area contributed by atoms with Crippen LogP contribution in [0.1, 0.15) is 44.9 Å². The lowest BCUT2D eigenvalue weighted by atomic mass is 9.83. The normalized spacial score (nSPS) is 27.4. The smallest absolute Gasteiger partial charge is 0.303 e. The van der Waals surface area contributed by atoms with Gasteiger partial charge in [0.25, 0.3) is 0 Å². The second-order valence-corrected chi connectivity index (χ2v) is 10.6. The molecule has 4 atom stereocenters. The fraction of sp³-hybridized carbons (Fsp3) is 0.550. The summed E-state index contributed by atoms with van der Waals surface area (Å²) in [4.78, 5) is 10.9. The highest BCUT2D eigenvalue weighted by Crippen LogP contribution is 2.50. The predicted molar refractivity (Wildman–Crippen MR) is 113 cm³/mol. The summed E-state index contributed by atoms with van der Waals surface area (Å²) < 4.78 is 29.6. The molecular formula is C20H26INO4S. The number of allylic oxidation sites excluding steroid dienone is 2. The van der Waals surface area contributed by atoms with Crippen molar-refractivity contribution in [1.29, 1.82) is 0 Å². The lowest BCUT2D eigenvalue weighted by molar-refractivity contribution is -0.137. The Labute approximate surface area is 174 Å². The van der Waals surface area contributed by atoms with E-state index in [-0.39, 0.29) is 12.5 Å². The van der Waals surface area contributed by atoms with Gasteiger partial charge in [-0.25, -0.2) is 13.1 Å². The standard InChI is InChI=1S/C20H26INO4S/c21-16-9-11-17(12-10-16)27(25,26)22-20-15-8-7-14(13-15)18(20)5-3-1-2-4-6-19(23)24/h1,3,9-12,14-15,18,20,22H,2,4-8,13H2,(H,23,24)/b3-1-/t14-,15+,18+,20+/m1/s1. The van der Waals surface area contributed by atoms with Crippen molar-refractivity contribution in [2.75, 3.05) is 0 Å². The molecule has 2 aliphatic carbocycles. The second kappa shape index (κ2) is 9.05. The highest BCUT2D eigenvalue weighted by molar-refractivity contribution is 14.1. The maximum Gasteiger partial charge on any atom is 0.303 e. The van der Waals surface area contributed by atoms with Gasteiger partial charge >= 0.3 is 5.97 Å². The molecule has 0 unspecified atom stereocenters. The van der Waals surface area contributed by atoms with Crippen LogP contribution in [0.2, 0.25) is 0 Å². The molecule has 2 N–H and O–H groups in total. The van der Waals surface area contributed by atoms with Gasteiger partial charge in [-0.3, -0.25) is 4.79 Å². The van der Waals surface area contributed by atoms with E-state index in [2.05, 4.69) is 33.4 Å². The van der Waals surface area contributed by atoms with Crippen molar-refractivity contribution in [3.05, 3.63) is 40.0 Å². The van der Waals surface area contributed by atoms with Crippen LogP contribution in [0.15, 0.2) is 41.3 Å². The summed E-state index contributed by atoms with van der Waals surface area (Å²) in [6, 6.07) is 6.95. The first-order chi connectivity index (χ1) is 12.9. The molecule has 0 saturated heterocycles. The number of carboxylic acid groups (broad SMARTS) is 1. The first-order valence-corrected chi connectivity index (χ1v) is 12.1. The first kappa shape index (κ1) is 20.8. The molecule has 3 rings (SSSR count). The quantitative estimate of drug-likeness (QED) is 0.301. The minimum atomic E-state index is -3.51. The van der Waals surface area contributed by atoms with E-state index in [0.717, 1.165) is 29.3 Å². The zero-order valence-electron chi connectivity index (χ0n) is 15.2. The number of rotatable bonds is 9. The largest absolute Gasteiger partial charge is 0.481 e. The SMILES string of the molecule is O=C(O)CCC/C=C\C[C@H]1[C@@H]2CC[C@@H](C2)[C@@H]1NS(=O)(=O)c1ccc(I)cc1. The number of benzene rings is 1. The van der Waals surface area contributed by atoms with Gasteiger partial charge in [0.15, 0.2) is 0 Å². The van der Waals surface area contributed by atoms with Crippen LogP contribution in [0.5, 0.6) is 0 Å². The molecule has 0 spiro atoms. The van der Waals surface area contributed by atoms with Gasteiger partial charge in [-0.1, -0.05) is 12.2 Å². The topological polar surface area (TPSA) is 83.5 Å². The van der Waals surface area contributed by atoms with Crippen molar-refractivity contribution in [2.24, 2.45) is 17.8 Å². The molecule has 5 nitrogen and oxygen atoms in total. The molecule has 148 valence electrons. The lowest BCUT2D eigenvalue weighted by Crippen LogP contribution is -2.43. The van der Waals surface area contributed by atoms with Crippen molar-refractivity contribution in [3.8, 4) is 0 Å². The average molecular weight is 503 g/mol. The van der Waals surface area contributed by atoms with Crippen molar-refractivity contribution < 1.29 is 18.3 Å². The molecule has 2 aliphatic rings. The Morgan fingerprint density at radius 1 is 1.19 bits per heavy atom. The van der Waals surface area contributed by atoms with E-state index >= 15 is 0 Å². The summed E-state index contributed by atoms with van der Waals surface area (Å²) in [6.07, 6.45) is 9.99. The highest BCUT2D eigenvalue weighted by Gasteiger charge is 2.48. The molecule has 2 saturated carbocycles. The Kier molecular flexibility index (Phi) is 6.97. The number of fused-ring (bicyclic) bond motifs is 2. The van der Waals surface area contributed by atoms with Gasteiger partial charge in [0.05, 0.1) is 4.90 Å². The van der Waals surface area contributed by atoms with Gasteiger partial charge in [0, 0.05) is 16.0 Å². The minimum absolute atomic E-state index is 0.00306. The molecule has 7 heteroatoms. The van der Waals surface area contributed by atoms with Gasteiger partial charge in [-0.15, -0.1) is 0 Å². The van der Waals surface area contributed by atoms with E-state index in [1.54, 1.807) is 12.1 Å². The van der Waals surface area contributed by atoms with Gasteiger partial charge in [-0.2, -0.15) is 0 Å². The third-order valence-corrected chi connectivity index (χ3v) is 8.03. The molecular weight excluding hydrogens is 477 g/mol. The number of sulfonamides is 1. The van der Waals surface area contributed by atoms with E-state index in [1.165, 1.54) is 6.42 Å². The monoisotopic (exact) mass is 503 g/mol. The molecule has 0 radical (unpaired) electrons. The third kappa shape index (κ3) is 5.32. The molecule has 2 bridgehead atoms. The minimum Gasteiger partial charge on any atom is -0.481 e. The van der Waals surface area contributed by atoms with Crippen LogP contribution in [0.25, 0.3) is 0 Å². The van der Waals surface area contributed by atoms with E-state index in [4.69, 9.17) is 5.11 Å². The van der Waals surface area contributed by atoms with Crippen LogP contribution < -0.4 is 4.72 Å². The Bertz CT molecular complexity index is 791. The number of hydrogen-bond donors (Lipinski definition) is 2. The van der Waals surface area contributed by atoms with Gasteiger partial charge in [-0.05, 0) is 103 Å². The summed E-state index contributed by atoms with van der Waals surface area (Å²) in [6.45, 7) is 0. The summed E-state index contributed by atoms with van der Waals surface area (Å²) in [5.74, 6) is 0.585. The average Bonchev–Trinajstić information content (AvgIpc) is 3.20. The second-order valence-electron chi connectivity index (χ2n) is 7.59. The molecule has 1 aromatic rings. The molecule has 0 aromatic heterocycles. The van der Waals surface area contributed by atoms with Gasteiger partial charge in [0.1, 0.15) is 0 Å². The number of halogens is 1. The number of carboxylic acids is 1. The van der Waals surface area contributed by atoms with E-state index in [0.29, 0.717) is 29.1 Å². The van der Waals surface area contributed by atoms with Crippen molar-refractivity contribution in [2.45, 2.75) is 55.9 Å². The number of hydrogen-bond acceptors (Lipinski definition) is 3. The Morgan fingerprint density at radius 2 is 1.89 bits per heavy atom. The summed E-state index contributed by atoms with van der Waals surface area (Å²) in [7, 11) is -3.51. The van der Waals surface area contributed by atoms with Crippen molar-refractivity contribution >= 4 is 38.6 Å². The maximum absolute atomic E-state index is 12.8. The zero-order chi connectivity index (χ0) is 19.4. The molecule has 0 amide bonds. The summed E-state index contributed by atoms with van der Waals surface area (Å²) >= 11 is 2.17. The molecule has 0 aliphatic heterocycles. The Hall–Kier alpha value is -0.930. The number of unbranched alkanes of at least 4 members (excludes halogenated alkanes) is 1. The first-order valence-electron chi connectivity index (χ1n) is 9.51. The van der Waals surface area contributed by atoms with Crippen LogP contribution >= 0.6 is 22.6 Å². The van der Waals surface area contributed by atoms with E-state index in [9.17, 15) is 13.2 Å². The zero-order valence-corrected chi connectivity index (χ0v) is 18.2.